The van der Waals surface area contributed by atoms with Crippen LogP contribution in [0.15, 0.2) is 127 Å². The molecule has 0 aromatic heterocycles. The number of benzene rings is 6. The molecular formula is C30H21Sb. The van der Waals surface area contributed by atoms with E-state index in [-0.39, 0.29) is 0 Å². The average Bonchev–Trinajstić information content (AvgIpc) is 2.84. The third kappa shape index (κ3) is 3.52. The topological polar surface area (TPSA) is 0 Å². The monoisotopic (exact) mass is 502 g/mol. The van der Waals surface area contributed by atoms with Crippen LogP contribution in [0.4, 0.5) is 0 Å². The first-order chi connectivity index (χ1) is 15.3. The fourth-order valence-corrected chi connectivity index (χ4v) is 11.2. The van der Waals surface area contributed by atoms with E-state index in [1.807, 2.05) is 0 Å². The number of rotatable bonds is 3. The van der Waals surface area contributed by atoms with Crippen molar-refractivity contribution in [1.82, 2.24) is 0 Å². The Morgan fingerprint density at radius 1 is 0.290 bits per heavy atom. The first kappa shape index (κ1) is 18.7. The van der Waals surface area contributed by atoms with Gasteiger partial charge in [0.2, 0.25) is 0 Å². The summed E-state index contributed by atoms with van der Waals surface area (Å²) < 4.78 is 4.52. The van der Waals surface area contributed by atoms with E-state index in [0.29, 0.717) is 0 Å². The molecule has 0 atom stereocenters. The van der Waals surface area contributed by atoms with Crippen molar-refractivity contribution in [2.45, 2.75) is 0 Å². The Labute approximate surface area is 189 Å². The van der Waals surface area contributed by atoms with Gasteiger partial charge in [-0.3, -0.25) is 0 Å². The molecule has 31 heavy (non-hydrogen) atoms. The summed E-state index contributed by atoms with van der Waals surface area (Å²) in [6.45, 7) is 0. The molecular weight excluding hydrogens is 482 g/mol. The van der Waals surface area contributed by atoms with Crippen molar-refractivity contribution in [3.8, 4) is 0 Å². The molecule has 0 amide bonds. The van der Waals surface area contributed by atoms with E-state index >= 15 is 0 Å². The van der Waals surface area contributed by atoms with Gasteiger partial charge in [-0.2, -0.15) is 0 Å². The van der Waals surface area contributed by atoms with Crippen LogP contribution in [0, 0.1) is 0 Å². The molecule has 0 spiro atoms. The summed E-state index contributed by atoms with van der Waals surface area (Å²) in [6.07, 6.45) is 0. The number of hydrogen-bond donors (Lipinski definition) is 0. The van der Waals surface area contributed by atoms with Gasteiger partial charge < -0.3 is 0 Å². The quantitative estimate of drug-likeness (QED) is 0.274. The zero-order valence-corrected chi connectivity index (χ0v) is 19.6. The Balaban J connectivity index is 1.59. The van der Waals surface area contributed by atoms with Crippen molar-refractivity contribution in [3.63, 3.8) is 0 Å². The standard InChI is InChI=1S/3C10H7.Sb/c3*1-2-6-10-8-4-3-7-9(10)5-1;/h3*1-3,5-8H;. The molecule has 0 N–H and O–H groups in total. The third-order valence-electron chi connectivity index (χ3n) is 5.97. The van der Waals surface area contributed by atoms with Crippen LogP contribution in [0.1, 0.15) is 0 Å². The molecule has 0 fully saturated rings. The van der Waals surface area contributed by atoms with Gasteiger partial charge in [0, 0.05) is 0 Å². The normalized spacial score (nSPS) is 11.5. The summed E-state index contributed by atoms with van der Waals surface area (Å²) >= 11 is -2.21. The fourth-order valence-electron chi connectivity index (χ4n) is 4.39. The number of hydrogen-bond acceptors (Lipinski definition) is 0. The predicted molar refractivity (Wildman–Crippen MR) is 136 cm³/mol. The Morgan fingerprint density at radius 2 is 0.581 bits per heavy atom. The zero-order chi connectivity index (χ0) is 20.6. The molecule has 0 aliphatic heterocycles. The number of fused-ring (bicyclic) bond motifs is 3. The van der Waals surface area contributed by atoms with Gasteiger partial charge in [0.15, 0.2) is 0 Å². The molecule has 0 saturated heterocycles. The molecule has 0 aliphatic carbocycles. The Morgan fingerprint density at radius 3 is 0.903 bits per heavy atom. The van der Waals surface area contributed by atoms with E-state index in [1.54, 1.807) is 0 Å². The molecule has 0 aliphatic rings. The van der Waals surface area contributed by atoms with E-state index in [4.69, 9.17) is 0 Å². The summed E-state index contributed by atoms with van der Waals surface area (Å²) in [5.74, 6) is 0. The van der Waals surface area contributed by atoms with E-state index in [2.05, 4.69) is 127 Å². The molecule has 0 nitrogen and oxygen atoms in total. The van der Waals surface area contributed by atoms with E-state index in [1.165, 1.54) is 42.8 Å². The second-order valence-corrected chi connectivity index (χ2v) is 14.3. The van der Waals surface area contributed by atoms with Crippen LogP contribution < -0.4 is 10.5 Å². The summed E-state index contributed by atoms with van der Waals surface area (Å²) in [6, 6.07) is 47.4. The van der Waals surface area contributed by atoms with Gasteiger partial charge in [-0.05, 0) is 0 Å². The summed E-state index contributed by atoms with van der Waals surface area (Å²) in [4.78, 5) is 0. The zero-order valence-electron chi connectivity index (χ0n) is 17.1. The van der Waals surface area contributed by atoms with Gasteiger partial charge in [0.1, 0.15) is 0 Å². The Bertz CT molecular complexity index is 1360. The summed E-state index contributed by atoms with van der Waals surface area (Å²) in [5, 5.41) is 7.92. The second kappa shape index (κ2) is 7.88. The van der Waals surface area contributed by atoms with Gasteiger partial charge >= 0.3 is 190 Å². The summed E-state index contributed by atoms with van der Waals surface area (Å²) in [5.41, 5.74) is 0. The van der Waals surface area contributed by atoms with E-state index < -0.39 is 20.2 Å². The molecule has 6 aromatic carbocycles. The van der Waals surface area contributed by atoms with Crippen molar-refractivity contribution in [3.05, 3.63) is 127 Å². The van der Waals surface area contributed by atoms with Crippen LogP contribution >= 0.6 is 0 Å². The van der Waals surface area contributed by atoms with Crippen molar-refractivity contribution < 1.29 is 0 Å². The van der Waals surface area contributed by atoms with Crippen LogP contribution in [-0.4, -0.2) is 20.2 Å². The molecule has 146 valence electrons. The maximum atomic E-state index is 2.43. The molecule has 6 rings (SSSR count). The van der Waals surface area contributed by atoms with Crippen molar-refractivity contribution in [1.29, 1.82) is 0 Å². The molecule has 0 radical (unpaired) electrons. The van der Waals surface area contributed by atoms with Gasteiger partial charge in [-0.15, -0.1) is 0 Å². The first-order valence-electron chi connectivity index (χ1n) is 10.6. The average molecular weight is 503 g/mol. The maximum absolute atomic E-state index is 2.43. The van der Waals surface area contributed by atoms with Crippen LogP contribution in [0.2, 0.25) is 0 Å². The minimum atomic E-state index is -2.21. The van der Waals surface area contributed by atoms with E-state index in [0.717, 1.165) is 0 Å². The van der Waals surface area contributed by atoms with Crippen LogP contribution in [0.25, 0.3) is 32.3 Å². The van der Waals surface area contributed by atoms with Crippen molar-refractivity contribution in [2.24, 2.45) is 0 Å². The van der Waals surface area contributed by atoms with Crippen molar-refractivity contribution >= 4 is 63.1 Å². The summed E-state index contributed by atoms with van der Waals surface area (Å²) in [7, 11) is 0. The van der Waals surface area contributed by atoms with Crippen LogP contribution in [-0.2, 0) is 0 Å². The van der Waals surface area contributed by atoms with Crippen LogP contribution in [0.3, 0.4) is 0 Å². The van der Waals surface area contributed by atoms with Gasteiger partial charge in [0.05, 0.1) is 0 Å². The molecule has 0 bridgehead atoms. The van der Waals surface area contributed by atoms with Gasteiger partial charge in [-0.1, -0.05) is 0 Å². The molecule has 0 saturated carbocycles. The fraction of sp³-hybridized carbons (Fsp3) is 0. The molecule has 0 heterocycles. The molecule has 6 aromatic rings. The van der Waals surface area contributed by atoms with E-state index in [9.17, 15) is 0 Å². The van der Waals surface area contributed by atoms with Gasteiger partial charge in [-0.25, -0.2) is 0 Å². The predicted octanol–water partition coefficient (Wildman–Crippen LogP) is 5.66. The molecule has 1 heteroatoms. The second-order valence-electron chi connectivity index (χ2n) is 7.93. The SMILES string of the molecule is c1ccc2c[c]([Sb]([c]3ccc4ccccc4c3)[c]3ccc4ccccc4c3)ccc2c1. The minimum absolute atomic E-state index is 1.31. The Hall–Kier alpha value is -3.08. The third-order valence-corrected chi connectivity index (χ3v) is 12.8. The Kier molecular flexibility index (Phi) is 4.74. The first-order valence-corrected chi connectivity index (χ1v) is 14.4. The molecule has 0 unspecified atom stereocenters. The van der Waals surface area contributed by atoms with Crippen molar-refractivity contribution in [2.75, 3.05) is 0 Å². The van der Waals surface area contributed by atoms with Gasteiger partial charge in [0.25, 0.3) is 0 Å². The van der Waals surface area contributed by atoms with Crippen LogP contribution in [0.5, 0.6) is 0 Å².